The fourth-order valence-electron chi connectivity index (χ4n) is 4.90. The summed E-state index contributed by atoms with van der Waals surface area (Å²) in [5.41, 5.74) is 0. The Morgan fingerprint density at radius 1 is 0.480 bits per heavy atom. The molecule has 0 radical (unpaired) electrons. The molecule has 0 saturated carbocycles. The van der Waals surface area contributed by atoms with Crippen molar-refractivity contribution >= 4 is 11.9 Å². The van der Waals surface area contributed by atoms with Crippen LogP contribution < -0.4 is 0 Å². The lowest BCUT2D eigenvalue weighted by Crippen LogP contribution is -2.28. The van der Waals surface area contributed by atoms with Gasteiger partial charge in [0, 0.05) is 12.8 Å². The van der Waals surface area contributed by atoms with Crippen molar-refractivity contribution in [3.8, 4) is 0 Å². The Kier molecular flexibility index (Phi) is 37.7. The minimum absolute atomic E-state index is 0.113. The molecule has 0 aliphatic rings. The quantitative estimate of drug-likeness (QED) is 0.0413. The number of aliphatic hydroxyl groups excluding tert-OH is 1. The number of hydrogen-bond donors (Lipinski definition) is 1. The number of ether oxygens (including phenoxy) is 2. The van der Waals surface area contributed by atoms with Crippen LogP contribution in [0.5, 0.6) is 0 Å². The zero-order valence-corrected chi connectivity index (χ0v) is 31.9. The first-order valence-electron chi connectivity index (χ1n) is 19.8. The number of unbranched alkanes of at least 4 members (excludes halogenated alkanes) is 10. The van der Waals surface area contributed by atoms with E-state index in [1.807, 2.05) is 6.08 Å². The van der Waals surface area contributed by atoms with E-state index < -0.39 is 6.10 Å². The summed E-state index contributed by atoms with van der Waals surface area (Å²) in [5, 5.41) is 9.54. The summed E-state index contributed by atoms with van der Waals surface area (Å²) in [4.78, 5) is 24.2. The first-order chi connectivity index (χ1) is 24.6. The zero-order valence-electron chi connectivity index (χ0n) is 31.9. The minimum Gasteiger partial charge on any atom is -0.462 e. The van der Waals surface area contributed by atoms with Gasteiger partial charge in [-0.3, -0.25) is 9.59 Å². The molecule has 5 nitrogen and oxygen atoms in total. The van der Waals surface area contributed by atoms with Crippen LogP contribution in [0.4, 0.5) is 0 Å². The van der Waals surface area contributed by atoms with Crippen molar-refractivity contribution < 1.29 is 24.2 Å². The lowest BCUT2D eigenvalue weighted by Gasteiger charge is -2.15. The number of carbonyl (C=O) groups is 2. The summed E-state index contributed by atoms with van der Waals surface area (Å²) >= 11 is 0. The molecule has 0 rings (SSSR count). The molecule has 5 heteroatoms. The van der Waals surface area contributed by atoms with Crippen LogP contribution >= 0.6 is 0 Å². The second-order valence-electron chi connectivity index (χ2n) is 12.6. The fraction of sp³-hybridized carbons (Fsp3) is 0.600. The van der Waals surface area contributed by atoms with E-state index in [9.17, 15) is 14.7 Å². The highest BCUT2D eigenvalue weighted by Crippen LogP contribution is 2.10. The number of aliphatic hydroxyl groups is 1. The van der Waals surface area contributed by atoms with Crippen LogP contribution in [-0.4, -0.2) is 36.4 Å². The van der Waals surface area contributed by atoms with Crippen LogP contribution in [0.1, 0.15) is 155 Å². The van der Waals surface area contributed by atoms with Gasteiger partial charge in [0.2, 0.25) is 0 Å². The average molecular weight is 693 g/mol. The number of allylic oxidation sites excluding steroid dienone is 16. The van der Waals surface area contributed by atoms with E-state index in [0.717, 1.165) is 83.5 Å². The van der Waals surface area contributed by atoms with E-state index in [-0.39, 0.29) is 31.6 Å². The Hall–Kier alpha value is -3.18. The van der Waals surface area contributed by atoms with Crippen molar-refractivity contribution in [3.05, 3.63) is 97.2 Å². The number of rotatable bonds is 34. The topological polar surface area (TPSA) is 72.8 Å². The Balaban J connectivity index is 3.73. The van der Waals surface area contributed by atoms with Crippen molar-refractivity contribution in [2.45, 2.75) is 161 Å². The Morgan fingerprint density at radius 3 is 1.38 bits per heavy atom. The number of hydrogen-bond acceptors (Lipinski definition) is 5. The molecule has 0 saturated heterocycles. The predicted molar refractivity (Wildman–Crippen MR) is 214 cm³/mol. The van der Waals surface area contributed by atoms with E-state index in [1.54, 1.807) is 0 Å². The molecule has 0 aromatic carbocycles. The highest BCUT2D eigenvalue weighted by atomic mass is 16.6. The molecule has 0 aromatic heterocycles. The Morgan fingerprint density at radius 2 is 0.900 bits per heavy atom. The van der Waals surface area contributed by atoms with E-state index in [0.29, 0.717) is 12.8 Å². The molecule has 50 heavy (non-hydrogen) atoms. The van der Waals surface area contributed by atoms with Gasteiger partial charge in [0.1, 0.15) is 6.61 Å². The van der Waals surface area contributed by atoms with Crippen molar-refractivity contribution in [2.75, 3.05) is 13.2 Å². The van der Waals surface area contributed by atoms with Crippen molar-refractivity contribution in [2.24, 2.45) is 0 Å². The zero-order chi connectivity index (χ0) is 36.4. The SMILES string of the molecule is CC/C=C/C/C=C/C/C=C/C/C=C/C/C=C/C/C=C/CCCCCCC(=O)OC(CO)COC(=O)CC/C=C/C/C=C/CCCCCCCC. The number of carbonyl (C=O) groups excluding carboxylic acids is 2. The molecule has 0 spiro atoms. The maximum Gasteiger partial charge on any atom is 0.306 e. The van der Waals surface area contributed by atoms with Gasteiger partial charge in [-0.25, -0.2) is 0 Å². The van der Waals surface area contributed by atoms with E-state index in [1.165, 1.54) is 38.5 Å². The fourth-order valence-corrected chi connectivity index (χ4v) is 4.90. The summed E-state index contributed by atoms with van der Waals surface area (Å²) < 4.78 is 10.5. The van der Waals surface area contributed by atoms with Crippen LogP contribution in [-0.2, 0) is 19.1 Å². The summed E-state index contributed by atoms with van der Waals surface area (Å²) in [6.07, 6.45) is 56.2. The standard InChI is InChI=1S/C45H72O5/c1-3-5-7-9-11-13-15-17-18-19-20-21-22-23-24-25-26-28-30-32-34-36-38-40-45(48)50-43(41-46)42-49-44(47)39-37-35-33-31-29-27-16-14-12-10-8-6-4-2/h5,7,11,13,17-18,20-21,23-24,26-29,33,35,43,46H,3-4,6,8-10,12,14-16,19,22,25,30-32,34,36-42H2,1-2H3/b7-5+,13-11+,18-17+,21-20+,24-23+,28-26+,29-27+,35-33+. The van der Waals surface area contributed by atoms with Crippen molar-refractivity contribution in [1.29, 1.82) is 0 Å². The summed E-state index contributed by atoms with van der Waals surface area (Å²) in [5.74, 6) is -0.709. The molecular weight excluding hydrogens is 620 g/mol. The molecule has 1 N–H and O–H groups in total. The molecule has 0 heterocycles. The average Bonchev–Trinajstić information content (AvgIpc) is 3.12. The maximum absolute atomic E-state index is 12.2. The normalized spacial score (nSPS) is 13.3. The van der Waals surface area contributed by atoms with Crippen LogP contribution in [0, 0.1) is 0 Å². The van der Waals surface area contributed by atoms with Crippen molar-refractivity contribution in [1.82, 2.24) is 0 Å². The minimum atomic E-state index is -0.813. The lowest BCUT2D eigenvalue weighted by molar-refractivity contribution is -0.161. The second kappa shape index (κ2) is 40.3. The third kappa shape index (κ3) is 37.6. The predicted octanol–water partition coefficient (Wildman–Crippen LogP) is 12.5. The summed E-state index contributed by atoms with van der Waals surface area (Å²) in [6, 6.07) is 0. The van der Waals surface area contributed by atoms with Crippen LogP contribution in [0.15, 0.2) is 97.2 Å². The Bertz CT molecular complexity index is 1010. The molecular formula is C45H72O5. The molecule has 282 valence electrons. The van der Waals surface area contributed by atoms with E-state index in [4.69, 9.17) is 9.47 Å². The van der Waals surface area contributed by atoms with Gasteiger partial charge in [0.25, 0.3) is 0 Å². The third-order valence-corrected chi connectivity index (χ3v) is 7.88. The van der Waals surface area contributed by atoms with Crippen LogP contribution in [0.25, 0.3) is 0 Å². The monoisotopic (exact) mass is 693 g/mol. The molecule has 1 atom stereocenters. The highest BCUT2D eigenvalue weighted by molar-refractivity contribution is 5.70. The molecule has 0 aromatic rings. The van der Waals surface area contributed by atoms with Gasteiger partial charge in [-0.05, 0) is 83.5 Å². The van der Waals surface area contributed by atoms with Gasteiger partial charge >= 0.3 is 11.9 Å². The Labute approximate surface area is 307 Å². The highest BCUT2D eigenvalue weighted by Gasteiger charge is 2.15. The van der Waals surface area contributed by atoms with Crippen LogP contribution in [0.2, 0.25) is 0 Å². The smallest absolute Gasteiger partial charge is 0.306 e. The van der Waals surface area contributed by atoms with Gasteiger partial charge in [0.05, 0.1) is 6.61 Å². The molecule has 0 aliphatic heterocycles. The van der Waals surface area contributed by atoms with E-state index >= 15 is 0 Å². The molecule has 0 amide bonds. The first-order valence-corrected chi connectivity index (χ1v) is 19.8. The molecule has 0 bridgehead atoms. The lowest BCUT2D eigenvalue weighted by atomic mass is 10.1. The van der Waals surface area contributed by atoms with Gasteiger partial charge in [-0.15, -0.1) is 0 Å². The van der Waals surface area contributed by atoms with Gasteiger partial charge in [0.15, 0.2) is 6.10 Å². The largest absolute Gasteiger partial charge is 0.462 e. The summed E-state index contributed by atoms with van der Waals surface area (Å²) in [6.45, 7) is 3.92. The van der Waals surface area contributed by atoms with E-state index in [2.05, 4.69) is 105 Å². The van der Waals surface area contributed by atoms with Crippen LogP contribution in [0.3, 0.4) is 0 Å². The maximum atomic E-state index is 12.2. The van der Waals surface area contributed by atoms with Gasteiger partial charge in [-0.1, -0.05) is 156 Å². The first kappa shape index (κ1) is 46.8. The van der Waals surface area contributed by atoms with Crippen molar-refractivity contribution in [3.63, 3.8) is 0 Å². The number of esters is 2. The molecule has 0 fully saturated rings. The third-order valence-electron chi connectivity index (χ3n) is 7.88. The molecule has 0 aliphatic carbocycles. The second-order valence-corrected chi connectivity index (χ2v) is 12.6. The van der Waals surface area contributed by atoms with Gasteiger partial charge < -0.3 is 14.6 Å². The van der Waals surface area contributed by atoms with Gasteiger partial charge in [-0.2, -0.15) is 0 Å². The summed E-state index contributed by atoms with van der Waals surface area (Å²) in [7, 11) is 0. The molecule has 1 unspecified atom stereocenters.